The molecule has 1 fully saturated rings. The predicted octanol–water partition coefficient (Wildman–Crippen LogP) is 3.45. The zero-order chi connectivity index (χ0) is 18.2. The normalized spacial score (nSPS) is 16.3. The summed E-state index contributed by atoms with van der Waals surface area (Å²) < 4.78 is 11.0. The van der Waals surface area contributed by atoms with E-state index >= 15 is 0 Å². The molecule has 1 aliphatic rings. The zero-order valence-corrected chi connectivity index (χ0v) is 15.6. The molecule has 1 aliphatic heterocycles. The number of ether oxygens (including phenoxy) is 1. The number of aryl methyl sites for hydroxylation is 1. The van der Waals surface area contributed by atoms with Crippen LogP contribution in [-0.4, -0.2) is 43.7 Å². The van der Waals surface area contributed by atoms with Crippen molar-refractivity contribution in [2.45, 2.75) is 25.3 Å². The first-order chi connectivity index (χ1) is 12.7. The number of hydrogen-bond acceptors (Lipinski definition) is 4. The van der Waals surface area contributed by atoms with Crippen LogP contribution in [0.5, 0.6) is 0 Å². The van der Waals surface area contributed by atoms with Crippen LogP contribution in [-0.2, 0) is 16.0 Å². The summed E-state index contributed by atoms with van der Waals surface area (Å²) in [5.41, 5.74) is 1.20. The number of hydrogen-bond donors (Lipinski definition) is 1. The van der Waals surface area contributed by atoms with E-state index < -0.39 is 0 Å². The van der Waals surface area contributed by atoms with Crippen molar-refractivity contribution in [3.63, 3.8) is 0 Å². The molecular weight excluding hydrogens is 352 g/mol. The molecule has 1 unspecified atom stereocenters. The summed E-state index contributed by atoms with van der Waals surface area (Å²) in [5, 5.41) is 3.80. The lowest BCUT2D eigenvalue weighted by molar-refractivity contribution is -0.121. The number of amides is 1. The van der Waals surface area contributed by atoms with Gasteiger partial charge >= 0.3 is 0 Å². The minimum absolute atomic E-state index is 0.0501. The van der Waals surface area contributed by atoms with Gasteiger partial charge < -0.3 is 14.5 Å². The Hall–Kier alpha value is -1.82. The van der Waals surface area contributed by atoms with E-state index in [4.69, 9.17) is 20.8 Å². The molecule has 0 spiro atoms. The van der Waals surface area contributed by atoms with Crippen LogP contribution in [0.1, 0.15) is 30.2 Å². The molecule has 2 aromatic rings. The van der Waals surface area contributed by atoms with Crippen LogP contribution in [0.3, 0.4) is 0 Å². The number of nitrogens with one attached hydrogen (secondary N) is 1. The molecule has 1 N–H and O–H groups in total. The molecule has 26 heavy (non-hydrogen) atoms. The van der Waals surface area contributed by atoms with Gasteiger partial charge in [-0.3, -0.25) is 9.69 Å². The Morgan fingerprint density at radius 2 is 1.96 bits per heavy atom. The van der Waals surface area contributed by atoms with E-state index in [9.17, 15) is 4.79 Å². The molecule has 0 saturated carbocycles. The summed E-state index contributed by atoms with van der Waals surface area (Å²) in [5.74, 6) is 0.956. The van der Waals surface area contributed by atoms with Gasteiger partial charge in [-0.1, -0.05) is 23.7 Å². The van der Waals surface area contributed by atoms with Gasteiger partial charge in [-0.25, -0.2) is 0 Å². The number of rotatable bonds is 8. The van der Waals surface area contributed by atoms with Gasteiger partial charge in [-0.15, -0.1) is 0 Å². The van der Waals surface area contributed by atoms with Gasteiger partial charge in [0.2, 0.25) is 5.91 Å². The molecule has 1 aromatic heterocycles. The van der Waals surface area contributed by atoms with E-state index in [2.05, 4.69) is 10.2 Å². The Balaban J connectivity index is 1.45. The van der Waals surface area contributed by atoms with E-state index in [0.717, 1.165) is 36.7 Å². The van der Waals surface area contributed by atoms with Crippen LogP contribution in [0.15, 0.2) is 47.1 Å². The number of nitrogens with zero attached hydrogens (tertiary/aromatic N) is 1. The second-order valence-electron chi connectivity index (χ2n) is 6.46. The van der Waals surface area contributed by atoms with Crippen molar-refractivity contribution in [3.05, 3.63) is 59.0 Å². The zero-order valence-electron chi connectivity index (χ0n) is 14.8. The van der Waals surface area contributed by atoms with Gasteiger partial charge in [0.05, 0.1) is 25.5 Å². The van der Waals surface area contributed by atoms with Crippen LogP contribution < -0.4 is 5.32 Å². The molecule has 3 rings (SSSR count). The average molecular weight is 377 g/mol. The van der Waals surface area contributed by atoms with Crippen LogP contribution >= 0.6 is 11.6 Å². The Bertz CT molecular complexity index is 667. The van der Waals surface area contributed by atoms with Crippen LogP contribution in [0.25, 0.3) is 0 Å². The molecule has 140 valence electrons. The highest BCUT2D eigenvalue weighted by Gasteiger charge is 2.25. The van der Waals surface area contributed by atoms with Gasteiger partial charge in [0.25, 0.3) is 0 Å². The van der Waals surface area contributed by atoms with Gasteiger partial charge in [0.15, 0.2) is 0 Å². The van der Waals surface area contributed by atoms with E-state index in [0.29, 0.717) is 26.2 Å². The highest BCUT2D eigenvalue weighted by atomic mass is 35.5. The maximum Gasteiger partial charge on any atom is 0.220 e. The fourth-order valence-electron chi connectivity index (χ4n) is 3.18. The van der Waals surface area contributed by atoms with Gasteiger partial charge in [0, 0.05) is 31.1 Å². The molecule has 1 aromatic carbocycles. The lowest BCUT2D eigenvalue weighted by atomic mass is 10.1. The maximum atomic E-state index is 12.2. The van der Waals surface area contributed by atoms with Crippen molar-refractivity contribution in [2.75, 3.05) is 32.8 Å². The third-order valence-corrected chi connectivity index (χ3v) is 4.89. The molecule has 0 bridgehead atoms. The number of halogens is 1. The molecule has 0 aliphatic carbocycles. The summed E-state index contributed by atoms with van der Waals surface area (Å²) in [6.07, 6.45) is 3.87. The highest BCUT2D eigenvalue weighted by Crippen LogP contribution is 2.21. The summed E-state index contributed by atoms with van der Waals surface area (Å²) in [7, 11) is 0. The van der Waals surface area contributed by atoms with Crippen LogP contribution in [0.2, 0.25) is 5.02 Å². The lowest BCUT2D eigenvalue weighted by Crippen LogP contribution is -2.43. The maximum absolute atomic E-state index is 12.2. The first-order valence-corrected chi connectivity index (χ1v) is 9.46. The third kappa shape index (κ3) is 5.59. The van der Waals surface area contributed by atoms with Crippen molar-refractivity contribution in [1.29, 1.82) is 0 Å². The summed E-state index contributed by atoms with van der Waals surface area (Å²) in [4.78, 5) is 14.5. The topological polar surface area (TPSA) is 54.7 Å². The smallest absolute Gasteiger partial charge is 0.220 e. The number of carbonyl (C=O) groups excluding carboxylic acids is 1. The fraction of sp³-hybridized carbons (Fsp3) is 0.450. The van der Waals surface area contributed by atoms with Crippen molar-refractivity contribution in [1.82, 2.24) is 10.2 Å². The first-order valence-electron chi connectivity index (χ1n) is 9.09. The Morgan fingerprint density at radius 3 is 2.65 bits per heavy atom. The standard InChI is InChI=1S/C20H25ClN2O3/c21-17-8-6-16(7-9-17)3-1-5-20(24)22-15-18(19-4-2-12-26-19)23-10-13-25-14-11-23/h2,4,6-9,12,18H,1,3,5,10-11,13-15H2,(H,22,24). The number of carbonyl (C=O) groups is 1. The molecule has 0 radical (unpaired) electrons. The monoisotopic (exact) mass is 376 g/mol. The number of morpholine rings is 1. The fourth-order valence-corrected chi connectivity index (χ4v) is 3.31. The Morgan fingerprint density at radius 1 is 1.19 bits per heavy atom. The van der Waals surface area contributed by atoms with E-state index in [-0.39, 0.29) is 11.9 Å². The SMILES string of the molecule is O=C(CCCc1ccc(Cl)cc1)NCC(c1ccco1)N1CCOCC1. The Labute approximate surface area is 159 Å². The van der Waals surface area contributed by atoms with Gasteiger partial charge in [0.1, 0.15) is 5.76 Å². The first kappa shape index (κ1) is 19.0. The number of benzene rings is 1. The average Bonchev–Trinajstić information content (AvgIpc) is 3.19. The largest absolute Gasteiger partial charge is 0.468 e. The van der Waals surface area contributed by atoms with Gasteiger partial charge in [-0.05, 0) is 42.7 Å². The van der Waals surface area contributed by atoms with E-state index in [1.54, 1.807) is 6.26 Å². The molecule has 1 amide bonds. The molecule has 5 nitrogen and oxygen atoms in total. The van der Waals surface area contributed by atoms with Crippen LogP contribution in [0, 0.1) is 0 Å². The van der Waals surface area contributed by atoms with Crippen molar-refractivity contribution in [2.24, 2.45) is 0 Å². The highest BCUT2D eigenvalue weighted by molar-refractivity contribution is 6.30. The van der Waals surface area contributed by atoms with Gasteiger partial charge in [-0.2, -0.15) is 0 Å². The third-order valence-electron chi connectivity index (χ3n) is 4.63. The lowest BCUT2D eigenvalue weighted by Gasteiger charge is -2.33. The molecular formula is C20H25ClN2O3. The molecule has 2 heterocycles. The minimum Gasteiger partial charge on any atom is -0.468 e. The summed E-state index contributed by atoms with van der Waals surface area (Å²) >= 11 is 5.89. The second-order valence-corrected chi connectivity index (χ2v) is 6.90. The minimum atomic E-state index is 0.0501. The van der Waals surface area contributed by atoms with Crippen molar-refractivity contribution < 1.29 is 13.9 Å². The molecule has 1 saturated heterocycles. The Kier molecular flexibility index (Phi) is 7.12. The summed E-state index contributed by atoms with van der Waals surface area (Å²) in [6.45, 7) is 3.67. The molecule has 6 heteroatoms. The van der Waals surface area contributed by atoms with Crippen molar-refractivity contribution >= 4 is 17.5 Å². The van der Waals surface area contributed by atoms with E-state index in [1.807, 2.05) is 36.4 Å². The predicted molar refractivity (Wildman–Crippen MR) is 101 cm³/mol. The molecule has 1 atom stereocenters. The number of furan rings is 1. The van der Waals surface area contributed by atoms with E-state index in [1.165, 1.54) is 5.56 Å². The quantitative estimate of drug-likeness (QED) is 0.766. The van der Waals surface area contributed by atoms with Crippen molar-refractivity contribution in [3.8, 4) is 0 Å². The summed E-state index contributed by atoms with van der Waals surface area (Å²) in [6, 6.07) is 11.7. The van der Waals surface area contributed by atoms with Crippen LogP contribution in [0.4, 0.5) is 0 Å². The second kappa shape index (κ2) is 9.76.